The minimum atomic E-state index is -1.32. The molecular formula is C29H36F3N5O3. The number of aliphatic hydroxyl groups excluding tert-OH is 1. The maximum atomic E-state index is 14.8. The smallest absolute Gasteiger partial charge is 0.251 e. The van der Waals surface area contributed by atoms with E-state index in [0.717, 1.165) is 24.7 Å². The van der Waals surface area contributed by atoms with E-state index in [2.05, 4.69) is 22.3 Å². The van der Waals surface area contributed by atoms with Gasteiger partial charge in [0, 0.05) is 13.7 Å². The molecule has 2 aromatic carbocycles. The summed E-state index contributed by atoms with van der Waals surface area (Å²) in [5.41, 5.74) is -0.673. The van der Waals surface area contributed by atoms with Crippen LogP contribution in [0.4, 0.5) is 13.2 Å². The number of nitrogens with one attached hydrogen (secondary N) is 1. The van der Waals surface area contributed by atoms with E-state index < -0.39 is 41.1 Å². The van der Waals surface area contributed by atoms with Crippen LogP contribution in [-0.2, 0) is 16.1 Å². The third kappa shape index (κ3) is 6.37. The average molecular weight is 560 g/mol. The Bertz CT molecular complexity index is 1350. The Hall–Kier alpha value is -3.28. The molecule has 40 heavy (non-hydrogen) atoms. The molecule has 0 aliphatic carbocycles. The lowest BCUT2D eigenvalue weighted by Crippen LogP contribution is -2.52. The summed E-state index contributed by atoms with van der Waals surface area (Å²) in [4.78, 5) is 19.8. The van der Waals surface area contributed by atoms with E-state index in [9.17, 15) is 23.1 Å². The highest BCUT2D eigenvalue weighted by Gasteiger charge is 2.44. The Morgan fingerprint density at radius 2 is 1.93 bits per heavy atom. The molecule has 2 heterocycles. The van der Waals surface area contributed by atoms with Gasteiger partial charge in [-0.1, -0.05) is 19.1 Å². The molecule has 1 aliphatic heterocycles. The van der Waals surface area contributed by atoms with E-state index in [1.54, 1.807) is 30.9 Å². The second-order valence-electron chi connectivity index (χ2n) is 11.0. The van der Waals surface area contributed by atoms with Crippen molar-refractivity contribution in [2.45, 2.75) is 52.0 Å². The molecule has 0 spiro atoms. The molecule has 8 nitrogen and oxygen atoms in total. The van der Waals surface area contributed by atoms with Gasteiger partial charge in [0.2, 0.25) is 0 Å². The zero-order valence-electron chi connectivity index (χ0n) is 23.4. The van der Waals surface area contributed by atoms with Gasteiger partial charge in [-0.25, -0.2) is 22.8 Å². The van der Waals surface area contributed by atoms with Gasteiger partial charge in [0.15, 0.2) is 11.6 Å². The van der Waals surface area contributed by atoms with Gasteiger partial charge in [0.1, 0.15) is 29.6 Å². The molecule has 1 amide bonds. The van der Waals surface area contributed by atoms with Gasteiger partial charge in [-0.05, 0) is 81.6 Å². The molecule has 2 N–H and O–H groups in total. The number of nitrogens with zero attached hydrogens (tertiary/aromatic N) is 4. The van der Waals surface area contributed by atoms with Crippen LogP contribution in [0.2, 0.25) is 0 Å². The Balaban J connectivity index is 1.92. The van der Waals surface area contributed by atoms with Gasteiger partial charge in [0.05, 0.1) is 17.7 Å². The first-order valence-corrected chi connectivity index (χ1v) is 13.3. The Morgan fingerprint density at radius 3 is 2.55 bits per heavy atom. The summed E-state index contributed by atoms with van der Waals surface area (Å²) in [6.07, 6.45) is -1.32. The van der Waals surface area contributed by atoms with Crippen LogP contribution < -0.4 is 5.32 Å². The number of benzene rings is 2. The lowest BCUT2D eigenvalue weighted by atomic mass is 9.91. The van der Waals surface area contributed by atoms with Crippen molar-refractivity contribution in [3.8, 4) is 11.4 Å². The van der Waals surface area contributed by atoms with Crippen molar-refractivity contribution in [1.29, 1.82) is 0 Å². The normalized spacial score (nSPS) is 19.0. The van der Waals surface area contributed by atoms with Crippen LogP contribution in [0.15, 0.2) is 42.5 Å². The number of aromatic nitrogens is 3. The van der Waals surface area contributed by atoms with E-state index in [0.29, 0.717) is 12.1 Å². The van der Waals surface area contributed by atoms with Gasteiger partial charge < -0.3 is 20.1 Å². The van der Waals surface area contributed by atoms with E-state index in [-0.39, 0.29) is 42.1 Å². The zero-order valence-corrected chi connectivity index (χ0v) is 23.4. The van der Waals surface area contributed by atoms with Crippen molar-refractivity contribution in [3.05, 3.63) is 71.3 Å². The van der Waals surface area contributed by atoms with Crippen molar-refractivity contribution in [1.82, 2.24) is 25.0 Å². The molecular weight excluding hydrogens is 523 g/mol. The monoisotopic (exact) mass is 559 g/mol. The van der Waals surface area contributed by atoms with Crippen molar-refractivity contribution in [2.24, 2.45) is 11.8 Å². The van der Waals surface area contributed by atoms with E-state index >= 15 is 0 Å². The molecule has 216 valence electrons. The number of aliphatic hydroxyl groups is 1. The number of carbonyl (C=O) groups excluding carboxylic acids is 1. The third-order valence-electron chi connectivity index (χ3n) is 7.58. The summed E-state index contributed by atoms with van der Waals surface area (Å²) in [7, 11) is 1.50. The first kappa shape index (κ1) is 29.7. The van der Waals surface area contributed by atoms with Crippen LogP contribution in [0.5, 0.6) is 0 Å². The van der Waals surface area contributed by atoms with Crippen LogP contribution in [0.1, 0.15) is 45.1 Å². The molecule has 4 rings (SSSR count). The van der Waals surface area contributed by atoms with Gasteiger partial charge in [-0.3, -0.25) is 4.79 Å². The summed E-state index contributed by atoms with van der Waals surface area (Å²) in [5.74, 6) is -1.90. The van der Waals surface area contributed by atoms with Crippen LogP contribution in [-0.4, -0.2) is 69.1 Å². The molecule has 1 saturated heterocycles. The first-order chi connectivity index (χ1) is 18.9. The highest BCUT2D eigenvalue weighted by Crippen LogP contribution is 2.37. The molecule has 0 saturated carbocycles. The number of hydrogen-bond donors (Lipinski definition) is 2. The maximum Gasteiger partial charge on any atom is 0.251 e. The van der Waals surface area contributed by atoms with Crippen LogP contribution in [0.3, 0.4) is 0 Å². The lowest BCUT2D eigenvalue weighted by Gasteiger charge is -2.42. The highest BCUT2D eigenvalue weighted by molar-refractivity contribution is 5.81. The summed E-state index contributed by atoms with van der Waals surface area (Å²) >= 11 is 0. The summed E-state index contributed by atoms with van der Waals surface area (Å²) in [5, 5.41) is 18.3. The third-order valence-corrected chi connectivity index (χ3v) is 7.58. The highest BCUT2D eigenvalue weighted by atomic mass is 19.1. The number of carbonyl (C=O) groups is 1. The topological polar surface area (TPSA) is 92.5 Å². The van der Waals surface area contributed by atoms with Crippen molar-refractivity contribution in [2.75, 3.05) is 26.7 Å². The summed E-state index contributed by atoms with van der Waals surface area (Å²) in [6, 6.07) is 8.01. The average Bonchev–Trinajstić information content (AvgIpc) is 3.50. The number of methoxy groups -OCH3 is 1. The van der Waals surface area contributed by atoms with Crippen molar-refractivity contribution < 1.29 is 27.8 Å². The minimum Gasteiger partial charge on any atom is -0.384 e. The Kier molecular flexibility index (Phi) is 8.96. The Morgan fingerprint density at radius 1 is 1.20 bits per heavy atom. The number of hydrogen-bond acceptors (Lipinski definition) is 6. The first-order valence-electron chi connectivity index (χ1n) is 13.3. The van der Waals surface area contributed by atoms with E-state index in [1.807, 2.05) is 0 Å². The molecule has 1 aliphatic rings. The van der Waals surface area contributed by atoms with Crippen LogP contribution >= 0.6 is 0 Å². The number of amides is 1. The lowest BCUT2D eigenvalue weighted by molar-refractivity contribution is -0.151. The molecule has 0 unspecified atom stereocenters. The minimum absolute atomic E-state index is 0.0332. The van der Waals surface area contributed by atoms with Crippen LogP contribution in [0, 0.1) is 29.3 Å². The largest absolute Gasteiger partial charge is 0.384 e. The molecule has 4 atom stereocenters. The van der Waals surface area contributed by atoms with Crippen molar-refractivity contribution in [3.63, 3.8) is 0 Å². The van der Waals surface area contributed by atoms with Gasteiger partial charge >= 0.3 is 0 Å². The predicted octanol–water partition coefficient (Wildman–Crippen LogP) is 3.94. The second-order valence-corrected chi connectivity index (χ2v) is 11.0. The standard InChI is InChI=1S/C29H36F3N5O3/c1-17-13-33-14-20(17)16-36(28(39)18(2)38)25(29(3,4)40-5)27-34-26(23-12-22(31)9-10-24(23)32)35-37(27)15-19-7-6-8-21(30)11-19/h6-12,17-18,20,25,33,38H,13-16H2,1-5H3/t17-,18-,20-,25-/m0/s1. The second kappa shape index (κ2) is 12.1. The van der Waals surface area contributed by atoms with E-state index in [1.165, 1.54) is 30.8 Å². The quantitative estimate of drug-likeness (QED) is 0.391. The summed E-state index contributed by atoms with van der Waals surface area (Å²) < 4.78 is 50.4. The molecule has 1 aromatic heterocycles. The van der Waals surface area contributed by atoms with Gasteiger partial charge in [-0.2, -0.15) is 5.10 Å². The molecule has 0 radical (unpaired) electrons. The fraction of sp³-hybridized carbons (Fsp3) is 0.483. The number of ether oxygens (including phenoxy) is 1. The molecule has 1 fully saturated rings. The van der Waals surface area contributed by atoms with Crippen LogP contribution in [0.25, 0.3) is 11.4 Å². The summed E-state index contributed by atoms with van der Waals surface area (Å²) in [6.45, 7) is 8.83. The fourth-order valence-electron chi connectivity index (χ4n) is 5.13. The SMILES string of the molecule is COC(C)(C)[C@H](c1nc(-c2cc(F)ccc2F)nn1Cc1cccc(F)c1)N(C[C@@H]1CNC[C@@H]1C)C(=O)[C@H](C)O. The fourth-order valence-corrected chi connectivity index (χ4v) is 5.13. The van der Waals surface area contributed by atoms with Gasteiger partial charge in [0.25, 0.3) is 5.91 Å². The predicted molar refractivity (Wildman–Crippen MR) is 144 cm³/mol. The molecule has 3 aromatic rings. The maximum absolute atomic E-state index is 14.8. The molecule has 11 heteroatoms. The van der Waals surface area contributed by atoms with Gasteiger partial charge in [-0.15, -0.1) is 0 Å². The van der Waals surface area contributed by atoms with E-state index in [4.69, 9.17) is 4.74 Å². The molecule has 0 bridgehead atoms. The zero-order chi connectivity index (χ0) is 29.2. The number of halogens is 3. The number of rotatable bonds is 10. The van der Waals surface area contributed by atoms with Crippen molar-refractivity contribution >= 4 is 5.91 Å². The Labute approximate surface area is 232 Å².